The molecule has 0 aromatic heterocycles. The summed E-state index contributed by atoms with van der Waals surface area (Å²) in [5.41, 5.74) is 0. The van der Waals surface area contributed by atoms with Gasteiger partial charge in [-0.05, 0) is 42.9 Å². The van der Waals surface area contributed by atoms with Crippen LogP contribution in [0.4, 0.5) is 4.39 Å². The summed E-state index contributed by atoms with van der Waals surface area (Å²) >= 11 is 5.78. The topological polar surface area (TPSA) is 66.4 Å². The number of halogens is 2. The van der Waals surface area contributed by atoms with E-state index in [4.69, 9.17) is 16.7 Å². The van der Waals surface area contributed by atoms with Crippen molar-refractivity contribution in [2.24, 2.45) is 11.8 Å². The van der Waals surface area contributed by atoms with Crippen molar-refractivity contribution in [3.05, 3.63) is 29.0 Å². The molecule has 0 radical (unpaired) electrons. The van der Waals surface area contributed by atoms with Gasteiger partial charge in [0.15, 0.2) is 0 Å². The Kier molecular flexibility index (Phi) is 7.06. The highest BCUT2D eigenvalue weighted by atomic mass is 35.5. The fraction of sp³-hybridized carbons (Fsp3) is 0.571. The Balaban J connectivity index is 2.79. The maximum atomic E-state index is 13.0. The van der Waals surface area contributed by atoms with E-state index in [1.807, 2.05) is 13.8 Å². The Morgan fingerprint density at radius 1 is 1.38 bits per heavy atom. The van der Waals surface area contributed by atoms with E-state index in [1.165, 1.54) is 0 Å². The van der Waals surface area contributed by atoms with Gasteiger partial charge in [0.25, 0.3) is 0 Å². The molecule has 1 atom stereocenters. The number of sulfonamides is 1. The Labute approximate surface area is 130 Å². The zero-order chi connectivity index (χ0) is 16.0. The molecule has 1 unspecified atom stereocenters. The van der Waals surface area contributed by atoms with Crippen LogP contribution >= 0.6 is 11.6 Å². The van der Waals surface area contributed by atoms with Crippen LogP contribution in [0.15, 0.2) is 23.1 Å². The van der Waals surface area contributed by atoms with Gasteiger partial charge in [0.05, 0.1) is 5.02 Å². The Morgan fingerprint density at radius 3 is 2.57 bits per heavy atom. The van der Waals surface area contributed by atoms with E-state index in [2.05, 4.69) is 4.72 Å². The number of hydrogen-bond donors (Lipinski definition) is 2. The number of nitrogens with one attached hydrogen (secondary N) is 1. The van der Waals surface area contributed by atoms with Gasteiger partial charge in [-0.1, -0.05) is 25.4 Å². The normalized spacial score (nSPS) is 13.6. The van der Waals surface area contributed by atoms with Gasteiger partial charge in [0.1, 0.15) is 10.7 Å². The molecule has 1 aromatic rings. The first-order chi connectivity index (χ1) is 9.76. The molecule has 4 nitrogen and oxygen atoms in total. The zero-order valence-electron chi connectivity index (χ0n) is 12.1. The molecule has 0 saturated carbocycles. The predicted molar refractivity (Wildman–Crippen MR) is 81.2 cm³/mol. The van der Waals surface area contributed by atoms with Crippen LogP contribution < -0.4 is 4.72 Å². The molecule has 0 bridgehead atoms. The van der Waals surface area contributed by atoms with E-state index in [0.29, 0.717) is 12.3 Å². The predicted octanol–water partition coefficient (Wildman–Crippen LogP) is 2.80. The summed E-state index contributed by atoms with van der Waals surface area (Å²) in [4.78, 5) is -0.141. The first-order valence-electron chi connectivity index (χ1n) is 6.82. The largest absolute Gasteiger partial charge is 0.396 e. The van der Waals surface area contributed by atoms with Crippen LogP contribution in [0.1, 0.15) is 26.7 Å². The fourth-order valence-corrected chi connectivity index (χ4v) is 3.80. The first-order valence-corrected chi connectivity index (χ1v) is 8.68. The van der Waals surface area contributed by atoms with Gasteiger partial charge < -0.3 is 5.11 Å². The minimum Gasteiger partial charge on any atom is -0.396 e. The monoisotopic (exact) mass is 337 g/mol. The van der Waals surface area contributed by atoms with E-state index >= 15 is 0 Å². The number of rotatable bonds is 8. The molecule has 120 valence electrons. The molecule has 0 saturated heterocycles. The van der Waals surface area contributed by atoms with Gasteiger partial charge in [-0.3, -0.25) is 0 Å². The highest BCUT2D eigenvalue weighted by Gasteiger charge is 2.20. The maximum Gasteiger partial charge on any atom is 0.242 e. The molecule has 0 spiro atoms. The SMILES string of the molecule is CC(C)CC(CCO)CNS(=O)(=O)c1ccc(F)cc1Cl. The van der Waals surface area contributed by atoms with Crippen molar-refractivity contribution in [1.82, 2.24) is 4.72 Å². The highest BCUT2D eigenvalue weighted by Crippen LogP contribution is 2.22. The van der Waals surface area contributed by atoms with E-state index in [0.717, 1.165) is 24.6 Å². The second kappa shape index (κ2) is 8.08. The fourth-order valence-electron chi connectivity index (χ4n) is 2.15. The third-order valence-electron chi connectivity index (χ3n) is 3.09. The van der Waals surface area contributed by atoms with Gasteiger partial charge in [-0.15, -0.1) is 0 Å². The molecule has 0 aliphatic heterocycles. The molecule has 1 aromatic carbocycles. The van der Waals surface area contributed by atoms with Crippen molar-refractivity contribution in [3.63, 3.8) is 0 Å². The molecular weight excluding hydrogens is 317 g/mol. The lowest BCUT2D eigenvalue weighted by Crippen LogP contribution is -2.30. The molecule has 0 heterocycles. The highest BCUT2D eigenvalue weighted by molar-refractivity contribution is 7.89. The molecule has 0 fully saturated rings. The van der Waals surface area contributed by atoms with Crippen molar-refractivity contribution in [1.29, 1.82) is 0 Å². The molecule has 0 amide bonds. The van der Waals surface area contributed by atoms with Crippen LogP contribution in [0.5, 0.6) is 0 Å². The lowest BCUT2D eigenvalue weighted by Gasteiger charge is -2.19. The van der Waals surface area contributed by atoms with E-state index in [9.17, 15) is 12.8 Å². The molecule has 7 heteroatoms. The number of benzene rings is 1. The third-order valence-corrected chi connectivity index (χ3v) is 4.99. The number of aliphatic hydroxyl groups is 1. The first kappa shape index (κ1) is 18.4. The molecule has 0 aliphatic carbocycles. The smallest absolute Gasteiger partial charge is 0.242 e. The average molecular weight is 338 g/mol. The van der Waals surface area contributed by atoms with Gasteiger partial charge >= 0.3 is 0 Å². The van der Waals surface area contributed by atoms with Crippen molar-refractivity contribution in [2.75, 3.05) is 13.2 Å². The quantitative estimate of drug-likeness (QED) is 0.766. The van der Waals surface area contributed by atoms with Crippen molar-refractivity contribution in [2.45, 2.75) is 31.6 Å². The summed E-state index contributed by atoms with van der Waals surface area (Å²) in [7, 11) is -3.79. The van der Waals surface area contributed by atoms with Crippen LogP contribution in [0.25, 0.3) is 0 Å². The number of hydrogen-bond acceptors (Lipinski definition) is 3. The second-order valence-electron chi connectivity index (χ2n) is 5.43. The maximum absolute atomic E-state index is 13.0. The van der Waals surface area contributed by atoms with E-state index in [1.54, 1.807) is 0 Å². The van der Waals surface area contributed by atoms with E-state index < -0.39 is 15.8 Å². The van der Waals surface area contributed by atoms with Gasteiger partial charge in [-0.2, -0.15) is 0 Å². The summed E-state index contributed by atoms with van der Waals surface area (Å²) < 4.78 is 39.8. The molecule has 2 N–H and O–H groups in total. The van der Waals surface area contributed by atoms with Gasteiger partial charge in [0.2, 0.25) is 10.0 Å². The lowest BCUT2D eigenvalue weighted by molar-refractivity contribution is 0.243. The van der Waals surface area contributed by atoms with Crippen LogP contribution in [0.2, 0.25) is 5.02 Å². The van der Waals surface area contributed by atoms with Crippen molar-refractivity contribution in [3.8, 4) is 0 Å². The summed E-state index contributed by atoms with van der Waals surface area (Å²) in [6.45, 7) is 4.30. The minimum absolute atomic E-state index is 0.0103. The standard InChI is InChI=1S/C14H21ClFNO3S/c1-10(2)7-11(5-6-18)9-17-21(19,20)14-4-3-12(16)8-13(14)15/h3-4,8,10-11,17-18H,5-7,9H2,1-2H3. The Hall–Kier alpha value is -0.690. The summed E-state index contributed by atoms with van der Waals surface area (Å²) in [5, 5.41) is 8.88. The van der Waals surface area contributed by atoms with E-state index in [-0.39, 0.29) is 29.0 Å². The second-order valence-corrected chi connectivity index (χ2v) is 7.58. The van der Waals surface area contributed by atoms with Crippen molar-refractivity contribution >= 4 is 21.6 Å². The molecule has 0 aliphatic rings. The van der Waals surface area contributed by atoms with Crippen LogP contribution in [0.3, 0.4) is 0 Å². The average Bonchev–Trinajstić information content (AvgIpc) is 2.35. The van der Waals surface area contributed by atoms with Crippen molar-refractivity contribution < 1.29 is 17.9 Å². The van der Waals surface area contributed by atoms with Gasteiger partial charge in [0, 0.05) is 13.2 Å². The van der Waals surface area contributed by atoms with Crippen LogP contribution in [0, 0.1) is 17.7 Å². The Bertz CT molecular complexity index is 563. The number of aliphatic hydroxyl groups excluding tert-OH is 1. The minimum atomic E-state index is -3.79. The zero-order valence-corrected chi connectivity index (χ0v) is 13.7. The summed E-state index contributed by atoms with van der Waals surface area (Å²) in [5.74, 6) is -0.138. The summed E-state index contributed by atoms with van der Waals surface area (Å²) in [6, 6.07) is 3.17. The third kappa shape index (κ3) is 5.90. The Morgan fingerprint density at radius 2 is 2.05 bits per heavy atom. The van der Waals surface area contributed by atoms with Crippen LogP contribution in [-0.2, 0) is 10.0 Å². The lowest BCUT2D eigenvalue weighted by atomic mass is 9.95. The molecule has 21 heavy (non-hydrogen) atoms. The van der Waals surface area contributed by atoms with Crippen LogP contribution in [-0.4, -0.2) is 26.7 Å². The molecular formula is C14H21ClFNO3S. The van der Waals surface area contributed by atoms with Gasteiger partial charge in [-0.25, -0.2) is 17.5 Å². The molecule has 1 rings (SSSR count). The summed E-state index contributed by atoms with van der Waals surface area (Å²) in [6.07, 6.45) is 1.33.